The van der Waals surface area contributed by atoms with Crippen LogP contribution in [0.1, 0.15) is 0 Å². The van der Waals surface area contributed by atoms with Gasteiger partial charge >= 0.3 is 0 Å². The number of nitrogens with zero attached hydrogens (tertiary/aromatic N) is 3. The van der Waals surface area contributed by atoms with E-state index in [0.717, 1.165) is 27.6 Å². The molecule has 0 radical (unpaired) electrons. The fourth-order valence-electron chi connectivity index (χ4n) is 5.82. The van der Waals surface area contributed by atoms with Crippen LogP contribution in [0.4, 0.5) is 0 Å². The van der Waals surface area contributed by atoms with Gasteiger partial charge in [0.2, 0.25) is 0 Å². The second kappa shape index (κ2) is 11.0. The van der Waals surface area contributed by atoms with Crippen molar-refractivity contribution in [3.8, 4) is 56.4 Å². The van der Waals surface area contributed by atoms with Crippen LogP contribution in [0.5, 0.6) is 0 Å². The molecule has 1 heterocycles. The minimum Gasteiger partial charge on any atom is -0.208 e. The van der Waals surface area contributed by atoms with Crippen molar-refractivity contribution in [2.45, 2.75) is 0 Å². The van der Waals surface area contributed by atoms with E-state index in [1.807, 2.05) is 36.4 Å². The van der Waals surface area contributed by atoms with Crippen LogP contribution >= 0.6 is 0 Å². The molecule has 0 saturated carbocycles. The molecule has 0 atom stereocenters. The first-order valence-electron chi connectivity index (χ1n) is 14.8. The van der Waals surface area contributed by atoms with Gasteiger partial charge in [0.05, 0.1) is 0 Å². The Labute approximate surface area is 256 Å². The number of fused-ring (bicyclic) bond motifs is 2. The maximum atomic E-state index is 4.99. The summed E-state index contributed by atoms with van der Waals surface area (Å²) in [4.78, 5) is 14.8. The third kappa shape index (κ3) is 4.91. The van der Waals surface area contributed by atoms with E-state index in [0.29, 0.717) is 17.5 Å². The Balaban J connectivity index is 1.20. The highest BCUT2D eigenvalue weighted by Crippen LogP contribution is 2.33. The highest BCUT2D eigenvalue weighted by molar-refractivity contribution is 5.99. The largest absolute Gasteiger partial charge is 0.208 e. The zero-order chi connectivity index (χ0) is 29.3. The maximum absolute atomic E-state index is 4.99. The van der Waals surface area contributed by atoms with Crippen LogP contribution in [0, 0.1) is 0 Å². The SMILES string of the molecule is c1ccc(-c2ccc(-c3nc(-c4ccccc4)nc(-c4ccc5cc(-c6cccc7ccccc67)ccc5c4)n3)cc2)cc1. The third-order valence-electron chi connectivity index (χ3n) is 8.12. The van der Waals surface area contributed by atoms with Crippen molar-refractivity contribution in [2.24, 2.45) is 0 Å². The first kappa shape index (κ1) is 25.8. The van der Waals surface area contributed by atoms with Crippen molar-refractivity contribution in [3.63, 3.8) is 0 Å². The van der Waals surface area contributed by atoms with Gasteiger partial charge in [0.25, 0.3) is 0 Å². The topological polar surface area (TPSA) is 38.7 Å². The number of aromatic nitrogens is 3. The molecule has 7 aromatic carbocycles. The van der Waals surface area contributed by atoms with Crippen molar-refractivity contribution in [2.75, 3.05) is 0 Å². The van der Waals surface area contributed by atoms with Gasteiger partial charge in [-0.25, -0.2) is 15.0 Å². The highest BCUT2D eigenvalue weighted by Gasteiger charge is 2.13. The fourth-order valence-corrected chi connectivity index (χ4v) is 5.82. The molecule has 44 heavy (non-hydrogen) atoms. The monoisotopic (exact) mass is 561 g/mol. The van der Waals surface area contributed by atoms with Crippen molar-refractivity contribution >= 4 is 21.5 Å². The lowest BCUT2D eigenvalue weighted by molar-refractivity contribution is 1.07. The lowest BCUT2D eigenvalue weighted by atomic mass is 9.96. The lowest BCUT2D eigenvalue weighted by Gasteiger charge is -2.11. The van der Waals surface area contributed by atoms with Crippen LogP contribution in [-0.2, 0) is 0 Å². The number of hydrogen-bond donors (Lipinski definition) is 0. The molecule has 0 amide bonds. The van der Waals surface area contributed by atoms with Gasteiger partial charge < -0.3 is 0 Å². The third-order valence-corrected chi connectivity index (χ3v) is 8.12. The second-order valence-electron chi connectivity index (χ2n) is 10.9. The quantitative estimate of drug-likeness (QED) is 0.210. The molecule has 0 aliphatic rings. The molecule has 0 aliphatic carbocycles. The van der Waals surface area contributed by atoms with E-state index in [1.54, 1.807) is 0 Å². The Bertz CT molecular complexity index is 2250. The van der Waals surface area contributed by atoms with Gasteiger partial charge in [-0.05, 0) is 55.9 Å². The Kier molecular flexibility index (Phi) is 6.47. The molecular formula is C41H27N3. The van der Waals surface area contributed by atoms with Crippen LogP contribution in [0.15, 0.2) is 164 Å². The standard InChI is InChI=1S/C41H27N3/c1-3-10-28(11-4-1)29-18-20-32(21-19-29)40-42-39(31-13-5-2-6-14-31)43-41(44-40)36-25-23-33-26-35(24-22-34(33)27-36)38-17-9-15-30-12-7-8-16-37(30)38/h1-27H. The number of hydrogen-bond acceptors (Lipinski definition) is 3. The molecule has 0 bridgehead atoms. The van der Waals surface area contributed by atoms with E-state index in [4.69, 9.17) is 15.0 Å². The predicted molar refractivity (Wildman–Crippen MR) is 182 cm³/mol. The molecule has 206 valence electrons. The second-order valence-corrected chi connectivity index (χ2v) is 10.9. The molecule has 0 aliphatic heterocycles. The Morgan fingerprint density at radius 2 is 0.727 bits per heavy atom. The van der Waals surface area contributed by atoms with Crippen LogP contribution in [0.2, 0.25) is 0 Å². The van der Waals surface area contributed by atoms with Crippen molar-refractivity contribution in [3.05, 3.63) is 164 Å². The predicted octanol–water partition coefficient (Wildman–Crippen LogP) is 10.5. The maximum Gasteiger partial charge on any atom is 0.164 e. The van der Waals surface area contributed by atoms with Gasteiger partial charge in [-0.15, -0.1) is 0 Å². The first-order valence-corrected chi connectivity index (χ1v) is 14.8. The Hall–Kier alpha value is -5.93. The van der Waals surface area contributed by atoms with Gasteiger partial charge in [0, 0.05) is 16.7 Å². The first-order chi connectivity index (χ1) is 21.8. The van der Waals surface area contributed by atoms with Gasteiger partial charge in [-0.2, -0.15) is 0 Å². The molecular weight excluding hydrogens is 534 g/mol. The Morgan fingerprint density at radius 3 is 1.43 bits per heavy atom. The summed E-state index contributed by atoms with van der Waals surface area (Å²) in [5.74, 6) is 1.96. The smallest absolute Gasteiger partial charge is 0.164 e. The molecule has 8 rings (SSSR count). The molecule has 0 N–H and O–H groups in total. The minimum atomic E-state index is 0.653. The number of benzene rings is 7. The summed E-state index contributed by atoms with van der Waals surface area (Å²) < 4.78 is 0. The van der Waals surface area contributed by atoms with E-state index in [1.165, 1.54) is 32.8 Å². The van der Waals surface area contributed by atoms with Crippen LogP contribution in [-0.4, -0.2) is 15.0 Å². The van der Waals surface area contributed by atoms with Crippen molar-refractivity contribution in [1.82, 2.24) is 15.0 Å². The molecule has 0 unspecified atom stereocenters. The van der Waals surface area contributed by atoms with E-state index >= 15 is 0 Å². The lowest BCUT2D eigenvalue weighted by Crippen LogP contribution is -2.00. The molecule has 0 fully saturated rings. The minimum absolute atomic E-state index is 0.653. The molecule has 3 nitrogen and oxygen atoms in total. The summed E-state index contributed by atoms with van der Waals surface area (Å²) in [6, 6.07) is 57.1. The van der Waals surface area contributed by atoms with Crippen LogP contribution in [0.3, 0.4) is 0 Å². The van der Waals surface area contributed by atoms with Gasteiger partial charge in [-0.1, -0.05) is 152 Å². The normalized spacial score (nSPS) is 11.2. The van der Waals surface area contributed by atoms with Crippen molar-refractivity contribution < 1.29 is 0 Å². The molecule has 1 aromatic heterocycles. The van der Waals surface area contributed by atoms with E-state index in [-0.39, 0.29) is 0 Å². The molecule has 0 spiro atoms. The van der Waals surface area contributed by atoms with Gasteiger partial charge in [0.15, 0.2) is 17.5 Å². The zero-order valence-corrected chi connectivity index (χ0v) is 23.9. The summed E-state index contributed by atoms with van der Waals surface area (Å²) in [5.41, 5.74) is 7.64. The van der Waals surface area contributed by atoms with Crippen LogP contribution < -0.4 is 0 Å². The van der Waals surface area contributed by atoms with Crippen LogP contribution in [0.25, 0.3) is 78.0 Å². The zero-order valence-electron chi connectivity index (χ0n) is 23.9. The van der Waals surface area contributed by atoms with E-state index in [9.17, 15) is 0 Å². The van der Waals surface area contributed by atoms with Gasteiger partial charge in [0.1, 0.15) is 0 Å². The summed E-state index contributed by atoms with van der Waals surface area (Å²) >= 11 is 0. The molecule has 0 saturated heterocycles. The molecule has 3 heteroatoms. The van der Waals surface area contributed by atoms with Gasteiger partial charge in [-0.3, -0.25) is 0 Å². The van der Waals surface area contributed by atoms with Crippen molar-refractivity contribution in [1.29, 1.82) is 0 Å². The highest BCUT2D eigenvalue weighted by atomic mass is 15.0. The summed E-state index contributed by atoms with van der Waals surface area (Å²) in [5, 5.41) is 4.82. The van der Waals surface area contributed by atoms with E-state index in [2.05, 4.69) is 127 Å². The van der Waals surface area contributed by atoms with E-state index < -0.39 is 0 Å². The summed E-state index contributed by atoms with van der Waals surface area (Å²) in [6.45, 7) is 0. The summed E-state index contributed by atoms with van der Waals surface area (Å²) in [6.07, 6.45) is 0. The average molecular weight is 562 g/mol. The number of rotatable bonds is 5. The average Bonchev–Trinajstić information content (AvgIpc) is 3.11. The summed E-state index contributed by atoms with van der Waals surface area (Å²) in [7, 11) is 0. The molecule has 8 aromatic rings. The Morgan fingerprint density at radius 1 is 0.273 bits per heavy atom. The fraction of sp³-hybridized carbons (Fsp3) is 0.